The van der Waals surface area contributed by atoms with Crippen molar-refractivity contribution < 1.29 is 9.15 Å². The summed E-state index contributed by atoms with van der Waals surface area (Å²) in [6, 6.07) is 0. The van der Waals surface area contributed by atoms with Gasteiger partial charge in [0.15, 0.2) is 0 Å². The molecule has 0 spiro atoms. The molecular formula is C13H22N2O2. The van der Waals surface area contributed by atoms with Crippen LogP contribution in [-0.2, 0) is 6.54 Å². The van der Waals surface area contributed by atoms with Crippen molar-refractivity contribution in [3.63, 3.8) is 0 Å². The highest BCUT2D eigenvalue weighted by Gasteiger charge is 2.17. The predicted octanol–water partition coefficient (Wildman–Crippen LogP) is 2.89. The summed E-state index contributed by atoms with van der Waals surface area (Å²) in [5, 5.41) is 3.29. The SMILES string of the molecule is CCCNCc1coc(OC2CCCCC2)n1. The minimum atomic E-state index is 0.304. The molecule has 0 bridgehead atoms. The summed E-state index contributed by atoms with van der Waals surface area (Å²) in [5.74, 6) is 0. The fourth-order valence-electron chi connectivity index (χ4n) is 2.14. The lowest BCUT2D eigenvalue weighted by molar-refractivity contribution is 0.113. The number of ether oxygens (including phenoxy) is 1. The largest absolute Gasteiger partial charge is 0.447 e. The van der Waals surface area contributed by atoms with Crippen molar-refractivity contribution in [3.05, 3.63) is 12.0 Å². The molecule has 0 radical (unpaired) electrons. The number of rotatable bonds is 6. The van der Waals surface area contributed by atoms with Gasteiger partial charge in [0.25, 0.3) is 0 Å². The Hall–Kier alpha value is -1.03. The van der Waals surface area contributed by atoms with Crippen molar-refractivity contribution in [3.8, 4) is 6.08 Å². The predicted molar refractivity (Wildman–Crippen MR) is 66.0 cm³/mol. The maximum atomic E-state index is 5.74. The molecule has 2 rings (SSSR count). The van der Waals surface area contributed by atoms with Gasteiger partial charge < -0.3 is 14.5 Å². The Morgan fingerprint density at radius 2 is 2.24 bits per heavy atom. The lowest BCUT2D eigenvalue weighted by Gasteiger charge is -2.20. The zero-order chi connectivity index (χ0) is 11.9. The number of aromatic nitrogens is 1. The van der Waals surface area contributed by atoms with Crippen LogP contribution >= 0.6 is 0 Å². The summed E-state index contributed by atoms with van der Waals surface area (Å²) in [5.41, 5.74) is 0.921. The maximum Gasteiger partial charge on any atom is 0.394 e. The van der Waals surface area contributed by atoms with E-state index in [1.807, 2.05) is 0 Å². The zero-order valence-corrected chi connectivity index (χ0v) is 10.6. The van der Waals surface area contributed by atoms with E-state index >= 15 is 0 Å². The van der Waals surface area contributed by atoms with Gasteiger partial charge in [-0.25, -0.2) is 0 Å². The van der Waals surface area contributed by atoms with E-state index in [0.29, 0.717) is 12.2 Å². The molecule has 4 nitrogen and oxygen atoms in total. The van der Waals surface area contributed by atoms with Crippen molar-refractivity contribution in [2.45, 2.75) is 58.1 Å². The molecule has 1 fully saturated rings. The molecule has 96 valence electrons. The molecule has 1 N–H and O–H groups in total. The minimum absolute atomic E-state index is 0.304. The summed E-state index contributed by atoms with van der Waals surface area (Å²) in [6.45, 7) is 3.91. The third-order valence-corrected chi connectivity index (χ3v) is 3.08. The Labute approximate surface area is 103 Å². The lowest BCUT2D eigenvalue weighted by Crippen LogP contribution is -2.19. The van der Waals surface area contributed by atoms with E-state index < -0.39 is 0 Å². The maximum absolute atomic E-state index is 5.74. The first-order valence-corrected chi connectivity index (χ1v) is 6.70. The van der Waals surface area contributed by atoms with Gasteiger partial charge in [0, 0.05) is 6.54 Å². The van der Waals surface area contributed by atoms with Crippen LogP contribution in [-0.4, -0.2) is 17.6 Å². The second kappa shape index (κ2) is 6.64. The van der Waals surface area contributed by atoms with Gasteiger partial charge in [-0.1, -0.05) is 13.3 Å². The smallest absolute Gasteiger partial charge is 0.394 e. The van der Waals surface area contributed by atoms with Crippen LogP contribution < -0.4 is 10.1 Å². The Morgan fingerprint density at radius 1 is 1.41 bits per heavy atom. The van der Waals surface area contributed by atoms with Crippen LogP contribution in [0.1, 0.15) is 51.1 Å². The quantitative estimate of drug-likeness (QED) is 0.774. The van der Waals surface area contributed by atoms with Crippen LogP contribution in [0.2, 0.25) is 0 Å². The number of hydrogen-bond donors (Lipinski definition) is 1. The molecule has 1 aromatic heterocycles. The van der Waals surface area contributed by atoms with Gasteiger partial charge in [0.1, 0.15) is 12.4 Å². The molecule has 0 aliphatic heterocycles. The molecule has 1 aromatic rings. The molecule has 4 heteroatoms. The van der Waals surface area contributed by atoms with Gasteiger partial charge in [-0.15, -0.1) is 0 Å². The van der Waals surface area contributed by atoms with Gasteiger partial charge >= 0.3 is 6.08 Å². The van der Waals surface area contributed by atoms with Gasteiger partial charge in [-0.3, -0.25) is 0 Å². The summed E-state index contributed by atoms with van der Waals surface area (Å²) in [4.78, 5) is 4.32. The molecular weight excluding hydrogens is 216 g/mol. The van der Waals surface area contributed by atoms with Crippen molar-refractivity contribution >= 4 is 0 Å². The van der Waals surface area contributed by atoms with Gasteiger partial charge in [0.05, 0.1) is 5.69 Å². The monoisotopic (exact) mass is 238 g/mol. The molecule has 1 heterocycles. The van der Waals surface area contributed by atoms with Crippen LogP contribution in [0.4, 0.5) is 0 Å². The number of hydrogen-bond acceptors (Lipinski definition) is 4. The summed E-state index contributed by atoms with van der Waals surface area (Å²) < 4.78 is 11.1. The van der Waals surface area contributed by atoms with Crippen molar-refractivity contribution in [2.24, 2.45) is 0 Å². The molecule has 0 amide bonds. The topological polar surface area (TPSA) is 47.3 Å². The second-order valence-corrected chi connectivity index (χ2v) is 4.66. The molecule has 1 aliphatic rings. The molecule has 1 saturated carbocycles. The number of nitrogens with one attached hydrogen (secondary N) is 1. The van der Waals surface area contributed by atoms with Crippen LogP contribution in [0.5, 0.6) is 6.08 Å². The first-order valence-electron chi connectivity index (χ1n) is 6.70. The third-order valence-electron chi connectivity index (χ3n) is 3.08. The average molecular weight is 238 g/mol. The van der Waals surface area contributed by atoms with Crippen molar-refractivity contribution in [1.29, 1.82) is 0 Å². The van der Waals surface area contributed by atoms with Crippen LogP contribution in [0.25, 0.3) is 0 Å². The Kier molecular flexibility index (Phi) is 4.86. The van der Waals surface area contributed by atoms with Gasteiger partial charge in [0.2, 0.25) is 0 Å². The molecule has 0 unspecified atom stereocenters. The Bertz CT molecular complexity index is 319. The highest BCUT2D eigenvalue weighted by atomic mass is 16.6. The zero-order valence-electron chi connectivity index (χ0n) is 10.6. The fourth-order valence-corrected chi connectivity index (χ4v) is 2.14. The Morgan fingerprint density at radius 3 is 3.00 bits per heavy atom. The van der Waals surface area contributed by atoms with Crippen LogP contribution in [0.3, 0.4) is 0 Å². The minimum Gasteiger partial charge on any atom is -0.447 e. The van der Waals surface area contributed by atoms with E-state index in [9.17, 15) is 0 Å². The highest BCUT2D eigenvalue weighted by molar-refractivity contribution is 5.00. The lowest BCUT2D eigenvalue weighted by atomic mass is 9.98. The Balaban J connectivity index is 1.76. The molecule has 0 aromatic carbocycles. The normalized spacial score (nSPS) is 17.2. The highest BCUT2D eigenvalue weighted by Crippen LogP contribution is 2.22. The molecule has 0 atom stereocenters. The molecule has 1 aliphatic carbocycles. The third kappa shape index (κ3) is 4.04. The number of oxazole rings is 1. The van der Waals surface area contributed by atoms with Crippen LogP contribution in [0, 0.1) is 0 Å². The number of nitrogens with zero attached hydrogens (tertiary/aromatic N) is 1. The van der Waals surface area contributed by atoms with Crippen molar-refractivity contribution in [2.75, 3.05) is 6.54 Å². The van der Waals surface area contributed by atoms with Gasteiger partial charge in [-0.2, -0.15) is 4.98 Å². The van der Waals surface area contributed by atoms with Crippen molar-refractivity contribution in [1.82, 2.24) is 10.3 Å². The molecule has 17 heavy (non-hydrogen) atoms. The van der Waals surface area contributed by atoms with E-state index in [1.165, 1.54) is 19.3 Å². The van der Waals surface area contributed by atoms with E-state index in [-0.39, 0.29) is 0 Å². The first-order chi connectivity index (χ1) is 8.38. The first kappa shape index (κ1) is 12.4. The van der Waals surface area contributed by atoms with E-state index in [0.717, 1.165) is 38.0 Å². The summed E-state index contributed by atoms with van der Waals surface area (Å²) in [6.07, 6.45) is 9.66. The second-order valence-electron chi connectivity index (χ2n) is 4.66. The fraction of sp³-hybridized carbons (Fsp3) is 0.769. The molecule has 0 saturated heterocycles. The summed E-state index contributed by atoms with van der Waals surface area (Å²) >= 11 is 0. The van der Waals surface area contributed by atoms with Gasteiger partial charge in [-0.05, 0) is 38.6 Å². The van der Waals surface area contributed by atoms with Crippen LogP contribution in [0.15, 0.2) is 10.7 Å². The average Bonchev–Trinajstić information content (AvgIpc) is 2.79. The van der Waals surface area contributed by atoms with E-state index in [1.54, 1.807) is 6.26 Å². The van der Waals surface area contributed by atoms with E-state index in [4.69, 9.17) is 9.15 Å². The van der Waals surface area contributed by atoms with E-state index in [2.05, 4.69) is 17.2 Å². The summed E-state index contributed by atoms with van der Waals surface area (Å²) in [7, 11) is 0. The standard InChI is InChI=1S/C13H22N2O2/c1-2-8-14-9-11-10-16-13(15-11)17-12-6-4-3-5-7-12/h10,12,14H,2-9H2,1H3.